The molecular formula is C17H27NO6. The van der Waals surface area contributed by atoms with E-state index < -0.39 is 23.6 Å². The Hall–Kier alpha value is -2.31. The zero-order chi connectivity index (χ0) is 18.9. The monoisotopic (exact) mass is 341 g/mol. The van der Waals surface area contributed by atoms with Crippen LogP contribution in [0.5, 0.6) is 0 Å². The van der Waals surface area contributed by atoms with Crippen LogP contribution in [0.1, 0.15) is 33.6 Å². The second-order valence-electron chi connectivity index (χ2n) is 6.04. The van der Waals surface area contributed by atoms with Crippen LogP contribution in [0.25, 0.3) is 0 Å². The lowest BCUT2D eigenvalue weighted by Crippen LogP contribution is -2.36. The van der Waals surface area contributed by atoms with Gasteiger partial charge in [-0.1, -0.05) is 13.2 Å². The average Bonchev–Trinajstić information content (AvgIpc) is 2.46. The summed E-state index contributed by atoms with van der Waals surface area (Å²) in [5, 5.41) is 0. The zero-order valence-electron chi connectivity index (χ0n) is 15.1. The van der Waals surface area contributed by atoms with Crippen LogP contribution in [-0.4, -0.2) is 55.8 Å². The molecule has 7 nitrogen and oxygen atoms in total. The van der Waals surface area contributed by atoms with Crippen molar-refractivity contribution in [1.82, 2.24) is 4.90 Å². The molecule has 1 amide bonds. The van der Waals surface area contributed by atoms with Gasteiger partial charge in [-0.15, -0.1) is 0 Å². The number of ether oxygens (including phenoxy) is 3. The fraction of sp³-hybridized carbons (Fsp3) is 0.588. The minimum atomic E-state index is -0.960. The molecule has 0 fully saturated rings. The maximum absolute atomic E-state index is 11.8. The van der Waals surface area contributed by atoms with Crippen LogP contribution in [0.4, 0.5) is 4.79 Å². The molecular weight excluding hydrogens is 314 g/mol. The van der Waals surface area contributed by atoms with E-state index in [1.54, 1.807) is 27.9 Å². The van der Waals surface area contributed by atoms with Crippen molar-refractivity contribution in [2.45, 2.75) is 39.2 Å². The molecule has 0 aromatic carbocycles. The van der Waals surface area contributed by atoms with Crippen LogP contribution in [0.3, 0.4) is 0 Å². The Morgan fingerprint density at radius 1 is 0.917 bits per heavy atom. The quantitative estimate of drug-likeness (QED) is 0.364. The summed E-state index contributed by atoms with van der Waals surface area (Å²) in [4.78, 5) is 36.0. The van der Waals surface area contributed by atoms with Gasteiger partial charge in [0.2, 0.25) is 0 Å². The summed E-state index contributed by atoms with van der Waals surface area (Å²) in [6, 6.07) is 0. The number of carbonyl (C=O) groups is 3. The molecule has 0 aliphatic carbocycles. The molecule has 0 aromatic rings. The maximum atomic E-state index is 11.8. The molecule has 0 aliphatic rings. The molecule has 7 heteroatoms. The van der Waals surface area contributed by atoms with Gasteiger partial charge in [-0.2, -0.15) is 0 Å². The highest BCUT2D eigenvalue weighted by molar-refractivity contribution is 5.87. The molecule has 1 atom stereocenters. The second-order valence-corrected chi connectivity index (χ2v) is 6.04. The Kier molecular flexibility index (Phi) is 8.81. The lowest BCUT2D eigenvalue weighted by molar-refractivity contribution is -0.157. The van der Waals surface area contributed by atoms with Gasteiger partial charge in [0.15, 0.2) is 0 Å². The molecule has 0 N–H and O–H groups in total. The van der Waals surface area contributed by atoms with E-state index >= 15 is 0 Å². The summed E-state index contributed by atoms with van der Waals surface area (Å²) < 4.78 is 15.5. The predicted molar refractivity (Wildman–Crippen MR) is 89.4 cm³/mol. The van der Waals surface area contributed by atoms with E-state index in [0.29, 0.717) is 0 Å². The van der Waals surface area contributed by atoms with E-state index in [4.69, 9.17) is 14.2 Å². The van der Waals surface area contributed by atoms with Crippen molar-refractivity contribution in [3.8, 4) is 0 Å². The Balaban J connectivity index is 4.72. The number of rotatable bonds is 9. The lowest BCUT2D eigenvalue weighted by atomic mass is 9.98. The molecule has 0 radical (unpaired) electrons. The van der Waals surface area contributed by atoms with Crippen LogP contribution < -0.4 is 0 Å². The second kappa shape index (κ2) is 9.75. The van der Waals surface area contributed by atoms with Crippen LogP contribution in [0, 0.1) is 0 Å². The minimum Gasteiger partial charge on any atom is -0.462 e. The van der Waals surface area contributed by atoms with Crippen molar-refractivity contribution in [3.05, 3.63) is 24.3 Å². The molecule has 0 aromatic heterocycles. The Morgan fingerprint density at radius 3 is 1.79 bits per heavy atom. The smallest absolute Gasteiger partial charge is 0.409 e. The van der Waals surface area contributed by atoms with E-state index in [0.717, 1.165) is 0 Å². The molecule has 0 saturated carbocycles. The lowest BCUT2D eigenvalue weighted by Gasteiger charge is -2.29. The number of carbonyl (C=O) groups excluding carboxylic acids is 3. The molecule has 1 unspecified atom stereocenters. The molecule has 0 spiro atoms. The Morgan fingerprint density at radius 2 is 1.38 bits per heavy atom. The summed E-state index contributed by atoms with van der Waals surface area (Å²) in [6.07, 6.45) is 0.0260. The van der Waals surface area contributed by atoms with Crippen molar-refractivity contribution in [1.29, 1.82) is 0 Å². The highest BCUT2D eigenvalue weighted by Gasteiger charge is 2.30. The van der Waals surface area contributed by atoms with E-state index in [-0.39, 0.29) is 37.2 Å². The molecule has 0 aliphatic heterocycles. The summed E-state index contributed by atoms with van der Waals surface area (Å²) in [5.74, 6) is -1.06. The first-order chi connectivity index (χ1) is 11.0. The Labute approximate surface area is 143 Å². The average molecular weight is 341 g/mol. The zero-order valence-corrected chi connectivity index (χ0v) is 15.1. The number of hydrogen-bond acceptors (Lipinski definition) is 6. The molecule has 136 valence electrons. The van der Waals surface area contributed by atoms with Crippen molar-refractivity contribution in [2.24, 2.45) is 0 Å². The first-order valence-corrected chi connectivity index (χ1v) is 7.54. The summed E-state index contributed by atoms with van der Waals surface area (Å²) >= 11 is 0. The topological polar surface area (TPSA) is 82.1 Å². The highest BCUT2D eigenvalue weighted by atomic mass is 16.6. The third-order valence-corrected chi connectivity index (χ3v) is 3.12. The van der Waals surface area contributed by atoms with E-state index in [9.17, 15) is 14.4 Å². The molecule has 0 rings (SSSR count). The van der Waals surface area contributed by atoms with Crippen LogP contribution in [0.2, 0.25) is 0 Å². The van der Waals surface area contributed by atoms with Gasteiger partial charge < -0.3 is 19.1 Å². The van der Waals surface area contributed by atoms with Crippen molar-refractivity contribution in [2.75, 3.05) is 27.3 Å². The van der Waals surface area contributed by atoms with Crippen molar-refractivity contribution in [3.63, 3.8) is 0 Å². The van der Waals surface area contributed by atoms with Gasteiger partial charge in [-0.25, -0.2) is 14.4 Å². The molecule has 24 heavy (non-hydrogen) atoms. The first kappa shape index (κ1) is 21.7. The van der Waals surface area contributed by atoms with E-state index in [2.05, 4.69) is 13.2 Å². The van der Waals surface area contributed by atoms with Gasteiger partial charge in [0, 0.05) is 38.1 Å². The highest BCUT2D eigenvalue weighted by Crippen LogP contribution is 2.22. The number of hydrogen-bond donors (Lipinski definition) is 0. The fourth-order valence-electron chi connectivity index (χ4n) is 1.50. The van der Waals surface area contributed by atoms with Gasteiger partial charge in [0.25, 0.3) is 0 Å². The third kappa shape index (κ3) is 8.36. The number of nitrogens with zero attached hydrogens (tertiary/aromatic N) is 1. The van der Waals surface area contributed by atoms with Gasteiger partial charge in [-0.3, -0.25) is 0 Å². The maximum Gasteiger partial charge on any atom is 0.409 e. The van der Waals surface area contributed by atoms with Crippen LogP contribution in [0.15, 0.2) is 24.3 Å². The fourth-order valence-corrected chi connectivity index (χ4v) is 1.50. The minimum absolute atomic E-state index is 0.0489. The van der Waals surface area contributed by atoms with Crippen molar-refractivity contribution >= 4 is 18.0 Å². The number of amides is 1. The van der Waals surface area contributed by atoms with Crippen LogP contribution >= 0.6 is 0 Å². The van der Waals surface area contributed by atoms with Gasteiger partial charge in [-0.05, 0) is 20.8 Å². The Bertz CT molecular complexity index is 511. The molecule has 0 saturated heterocycles. The SMILES string of the molecule is C=C(C)C(=O)OCCC(C)(CCOC(=O)N(C)C)OC(=O)C(=C)C. The van der Waals surface area contributed by atoms with E-state index in [1.165, 1.54) is 11.8 Å². The molecule has 0 bridgehead atoms. The summed E-state index contributed by atoms with van der Waals surface area (Å²) in [7, 11) is 3.14. The van der Waals surface area contributed by atoms with Gasteiger partial charge in [0.1, 0.15) is 5.60 Å². The summed E-state index contributed by atoms with van der Waals surface area (Å²) in [6.45, 7) is 11.9. The van der Waals surface area contributed by atoms with Crippen LogP contribution in [-0.2, 0) is 23.8 Å². The summed E-state index contributed by atoms with van der Waals surface area (Å²) in [5.41, 5.74) is -0.418. The number of esters is 2. The third-order valence-electron chi connectivity index (χ3n) is 3.12. The van der Waals surface area contributed by atoms with Crippen molar-refractivity contribution < 1.29 is 28.6 Å². The normalized spacial score (nSPS) is 12.5. The van der Waals surface area contributed by atoms with E-state index in [1.807, 2.05) is 0 Å². The standard InChI is InChI=1S/C17H27NO6/c1-12(2)14(19)22-10-8-17(5,24-15(20)13(3)4)9-11-23-16(21)18(6)7/h1,3,8-11H2,2,4-7H3. The predicted octanol–water partition coefficient (Wildman–Crippen LogP) is 2.46. The molecule has 0 heterocycles. The van der Waals surface area contributed by atoms with Gasteiger partial charge >= 0.3 is 18.0 Å². The largest absolute Gasteiger partial charge is 0.462 e. The van der Waals surface area contributed by atoms with Gasteiger partial charge in [0.05, 0.1) is 13.2 Å². The first-order valence-electron chi connectivity index (χ1n) is 7.54.